The zero-order valence-corrected chi connectivity index (χ0v) is 24.1. The van der Waals surface area contributed by atoms with Crippen LogP contribution in [0.5, 0.6) is 17.2 Å². The van der Waals surface area contributed by atoms with Crippen molar-refractivity contribution in [3.8, 4) is 28.4 Å². The van der Waals surface area contributed by atoms with Gasteiger partial charge in [0.1, 0.15) is 17.2 Å². The molecule has 35 heavy (non-hydrogen) atoms. The number of halogens is 2. The molecular formula is C29H24I2O3S. The lowest BCUT2D eigenvalue weighted by Gasteiger charge is -2.23. The summed E-state index contributed by atoms with van der Waals surface area (Å²) in [5.41, 5.74) is 2.75. The maximum absolute atomic E-state index is 6.13. The van der Waals surface area contributed by atoms with E-state index in [1.165, 1.54) is 33.0 Å². The number of hydrogen-bond acceptors (Lipinski definition) is 3. The molecule has 178 valence electrons. The Labute approximate surface area is 235 Å². The molecule has 4 aromatic rings. The first-order valence-corrected chi connectivity index (χ1v) is 15.2. The Kier molecular flexibility index (Phi) is 6.97. The fraction of sp³-hybridized carbons (Fsp3) is 0.172. The van der Waals surface area contributed by atoms with Gasteiger partial charge >= 0.3 is 0 Å². The second kappa shape index (κ2) is 10.3. The van der Waals surface area contributed by atoms with Crippen LogP contribution in [0.2, 0.25) is 0 Å². The molecular weight excluding hydrogens is 682 g/mol. The summed E-state index contributed by atoms with van der Waals surface area (Å²) in [6, 6.07) is 30.1. The first-order valence-electron chi connectivity index (χ1n) is 11.7. The standard InChI is InChI=1S/C29H24I2O3S/c30-19-4-14-27-25(17-19)26-18-20(31)5-15-28(26)35(27)24-12-10-22(11-13-24)33-21-6-8-23(9-7-21)34-29-3-1-2-16-32-29/h4-15,17-18,29,35H,1-3,16H2. The van der Waals surface area contributed by atoms with Gasteiger partial charge in [-0.3, -0.25) is 0 Å². The van der Waals surface area contributed by atoms with E-state index in [4.69, 9.17) is 14.2 Å². The van der Waals surface area contributed by atoms with E-state index in [-0.39, 0.29) is 6.29 Å². The van der Waals surface area contributed by atoms with Gasteiger partial charge in [0.2, 0.25) is 0 Å². The highest BCUT2D eigenvalue weighted by molar-refractivity contribution is 14.1. The molecule has 0 amide bonds. The Bertz CT molecular complexity index is 1300. The van der Waals surface area contributed by atoms with Crippen LogP contribution in [-0.2, 0) is 4.74 Å². The lowest BCUT2D eigenvalue weighted by Crippen LogP contribution is -2.24. The van der Waals surface area contributed by atoms with Crippen molar-refractivity contribution >= 4 is 56.1 Å². The van der Waals surface area contributed by atoms with Gasteiger partial charge in [0.05, 0.1) is 6.61 Å². The monoisotopic (exact) mass is 706 g/mol. The molecule has 1 saturated heterocycles. The van der Waals surface area contributed by atoms with Crippen molar-refractivity contribution in [3.05, 3.63) is 92.1 Å². The normalized spacial score (nSPS) is 17.5. The van der Waals surface area contributed by atoms with E-state index in [2.05, 4.69) is 106 Å². The smallest absolute Gasteiger partial charge is 0.199 e. The lowest BCUT2D eigenvalue weighted by molar-refractivity contribution is -0.105. The van der Waals surface area contributed by atoms with Crippen LogP contribution in [0.1, 0.15) is 19.3 Å². The van der Waals surface area contributed by atoms with E-state index >= 15 is 0 Å². The number of ether oxygens (including phenoxy) is 3. The van der Waals surface area contributed by atoms with E-state index < -0.39 is 10.9 Å². The summed E-state index contributed by atoms with van der Waals surface area (Å²) in [6.45, 7) is 0.778. The average molecular weight is 706 g/mol. The molecule has 0 aliphatic carbocycles. The topological polar surface area (TPSA) is 27.7 Å². The quantitative estimate of drug-likeness (QED) is 0.146. The molecule has 1 unspecified atom stereocenters. The van der Waals surface area contributed by atoms with Crippen LogP contribution in [0.15, 0.2) is 99.6 Å². The molecule has 6 heteroatoms. The number of thiol groups is 1. The molecule has 3 nitrogen and oxygen atoms in total. The van der Waals surface area contributed by atoms with Crippen molar-refractivity contribution < 1.29 is 14.2 Å². The molecule has 2 aliphatic heterocycles. The highest BCUT2D eigenvalue weighted by Gasteiger charge is 2.27. The molecule has 6 rings (SSSR count). The van der Waals surface area contributed by atoms with Crippen molar-refractivity contribution in [1.82, 2.24) is 0 Å². The number of rotatable bonds is 5. The SMILES string of the molecule is Ic1ccc2c(c1)-c1cc(I)ccc1[SH]2c1ccc(Oc2ccc(OC3CCCCO3)cc2)cc1. The molecule has 0 spiro atoms. The minimum absolute atomic E-state index is 0.136. The Morgan fingerprint density at radius 1 is 0.686 bits per heavy atom. The Hall–Kier alpha value is -1.75. The molecule has 4 aromatic carbocycles. The van der Waals surface area contributed by atoms with Gasteiger partial charge in [0.25, 0.3) is 0 Å². The van der Waals surface area contributed by atoms with Gasteiger partial charge in [-0.15, -0.1) is 0 Å². The van der Waals surface area contributed by atoms with E-state index in [0.717, 1.165) is 43.1 Å². The van der Waals surface area contributed by atoms with Crippen LogP contribution < -0.4 is 9.47 Å². The van der Waals surface area contributed by atoms with E-state index in [1.54, 1.807) is 0 Å². The summed E-state index contributed by atoms with van der Waals surface area (Å²) in [5, 5.41) is 0. The second-order valence-corrected chi connectivity index (χ2v) is 13.3. The minimum Gasteiger partial charge on any atom is -0.465 e. The van der Waals surface area contributed by atoms with Crippen LogP contribution >= 0.6 is 56.1 Å². The van der Waals surface area contributed by atoms with E-state index in [0.29, 0.717) is 0 Å². The van der Waals surface area contributed by atoms with Crippen LogP contribution in [-0.4, -0.2) is 12.9 Å². The highest BCUT2D eigenvalue weighted by atomic mass is 127. The molecule has 0 aromatic heterocycles. The predicted octanol–water partition coefficient (Wildman–Crippen LogP) is 9.05. The Morgan fingerprint density at radius 3 is 1.83 bits per heavy atom. The zero-order chi connectivity index (χ0) is 23.8. The Balaban J connectivity index is 1.20. The summed E-state index contributed by atoms with van der Waals surface area (Å²) >= 11 is 4.82. The van der Waals surface area contributed by atoms with Gasteiger partial charge in [-0.1, -0.05) is 0 Å². The van der Waals surface area contributed by atoms with Crippen molar-refractivity contribution in [2.24, 2.45) is 0 Å². The van der Waals surface area contributed by atoms with Gasteiger partial charge in [0, 0.05) is 23.4 Å². The summed E-state index contributed by atoms with van der Waals surface area (Å²) in [5.74, 6) is 2.43. The number of fused-ring (bicyclic) bond motifs is 3. The summed E-state index contributed by atoms with van der Waals surface area (Å²) in [4.78, 5) is 4.21. The Morgan fingerprint density at radius 2 is 1.26 bits per heavy atom. The second-order valence-electron chi connectivity index (χ2n) is 8.64. The summed E-state index contributed by atoms with van der Waals surface area (Å²) in [7, 11) is -0.572. The summed E-state index contributed by atoms with van der Waals surface area (Å²) in [6.07, 6.45) is 3.08. The van der Waals surface area contributed by atoms with E-state index in [1.807, 2.05) is 24.3 Å². The molecule has 2 heterocycles. The third kappa shape index (κ3) is 5.08. The van der Waals surface area contributed by atoms with Crippen LogP contribution in [0, 0.1) is 7.14 Å². The third-order valence-electron chi connectivity index (χ3n) is 6.25. The zero-order valence-electron chi connectivity index (χ0n) is 18.9. The maximum Gasteiger partial charge on any atom is 0.199 e. The molecule has 1 atom stereocenters. The van der Waals surface area contributed by atoms with Gasteiger partial charge in [-0.25, -0.2) is 0 Å². The van der Waals surface area contributed by atoms with Crippen LogP contribution in [0.4, 0.5) is 0 Å². The molecule has 0 bridgehead atoms. The van der Waals surface area contributed by atoms with E-state index in [9.17, 15) is 0 Å². The molecule has 1 fully saturated rings. The number of hydrogen-bond donors (Lipinski definition) is 1. The average Bonchev–Trinajstić information content (AvgIpc) is 3.19. The molecule has 0 radical (unpaired) electrons. The lowest BCUT2D eigenvalue weighted by atomic mass is 10.1. The van der Waals surface area contributed by atoms with Gasteiger partial charge in [-0.05, 0) is 159 Å². The van der Waals surface area contributed by atoms with Gasteiger partial charge < -0.3 is 14.2 Å². The maximum atomic E-state index is 6.13. The van der Waals surface area contributed by atoms with Crippen molar-refractivity contribution in [1.29, 1.82) is 0 Å². The number of benzene rings is 4. The molecule has 2 aliphatic rings. The van der Waals surface area contributed by atoms with Crippen LogP contribution in [0.3, 0.4) is 0 Å². The van der Waals surface area contributed by atoms with Crippen molar-refractivity contribution in [2.75, 3.05) is 6.61 Å². The van der Waals surface area contributed by atoms with Crippen molar-refractivity contribution in [3.63, 3.8) is 0 Å². The third-order valence-corrected chi connectivity index (χ3v) is 10.1. The highest BCUT2D eigenvalue weighted by Crippen LogP contribution is 2.62. The predicted molar refractivity (Wildman–Crippen MR) is 158 cm³/mol. The van der Waals surface area contributed by atoms with Crippen molar-refractivity contribution in [2.45, 2.75) is 40.2 Å². The molecule has 0 N–H and O–H groups in total. The fourth-order valence-corrected chi connectivity index (χ4v) is 8.13. The first kappa shape index (κ1) is 23.6. The van der Waals surface area contributed by atoms with Gasteiger partial charge in [-0.2, -0.15) is 10.9 Å². The fourth-order valence-electron chi connectivity index (χ4n) is 4.59. The van der Waals surface area contributed by atoms with Gasteiger partial charge in [0.15, 0.2) is 6.29 Å². The summed E-state index contributed by atoms with van der Waals surface area (Å²) < 4.78 is 20.3. The molecule has 0 saturated carbocycles. The first-order chi connectivity index (χ1) is 17.1. The van der Waals surface area contributed by atoms with Crippen LogP contribution in [0.25, 0.3) is 11.1 Å². The minimum atomic E-state index is -0.572. The largest absolute Gasteiger partial charge is 0.465 e.